The maximum atomic E-state index is 12.9. The van der Waals surface area contributed by atoms with Crippen molar-refractivity contribution in [1.29, 1.82) is 0 Å². The molecule has 1 unspecified atom stereocenters. The molecule has 1 atom stereocenters. The number of benzene rings is 1. The van der Waals surface area contributed by atoms with Crippen LogP contribution in [0.25, 0.3) is 11.0 Å². The number of aliphatic hydroxyl groups excluding tert-OH is 1. The fourth-order valence-electron chi connectivity index (χ4n) is 2.65. The highest BCUT2D eigenvalue weighted by Crippen LogP contribution is 2.33. The third kappa shape index (κ3) is 3.41. The number of nitrogens with one attached hydrogen (secondary N) is 2. The van der Waals surface area contributed by atoms with Gasteiger partial charge in [0.15, 0.2) is 5.13 Å². The number of rotatable bonds is 5. The second-order valence-corrected chi connectivity index (χ2v) is 7.24. The predicted octanol–water partition coefficient (Wildman–Crippen LogP) is 4.51. The number of halogens is 2. The summed E-state index contributed by atoms with van der Waals surface area (Å²) >= 11 is 7.37. The normalized spacial score (nSPS) is 12.4. The summed E-state index contributed by atoms with van der Waals surface area (Å²) < 4.78 is 12.9. The Morgan fingerprint density at radius 1 is 1.23 bits per heavy atom. The Balaban J connectivity index is 1.51. The summed E-state index contributed by atoms with van der Waals surface area (Å²) in [4.78, 5) is 12.2. The van der Waals surface area contributed by atoms with E-state index in [4.69, 9.17) is 11.6 Å². The first-order valence-corrected chi connectivity index (χ1v) is 9.04. The number of nitrogens with zero attached hydrogens (tertiary/aromatic N) is 2. The summed E-state index contributed by atoms with van der Waals surface area (Å²) in [5.74, 6) is -0.262. The Bertz CT molecular complexity index is 1050. The van der Waals surface area contributed by atoms with E-state index in [0.717, 1.165) is 10.9 Å². The first kappa shape index (κ1) is 17.0. The number of anilines is 1. The van der Waals surface area contributed by atoms with E-state index in [1.54, 1.807) is 36.8 Å². The third-order valence-corrected chi connectivity index (χ3v) is 5.19. The number of hydrogen-bond acceptors (Lipinski definition) is 5. The van der Waals surface area contributed by atoms with E-state index in [-0.39, 0.29) is 5.82 Å². The number of hydrogen-bond donors (Lipinski definition) is 3. The number of thiazole rings is 1. The van der Waals surface area contributed by atoms with Crippen LogP contribution in [0, 0.1) is 5.82 Å². The van der Waals surface area contributed by atoms with Gasteiger partial charge in [-0.1, -0.05) is 35.1 Å². The SMILES string of the molecule is OC(c1cnc(NCc2ccc(F)cc2)s1)c1c[nH]c2ncc(Cl)cc12. The fraction of sp³-hybridized carbons (Fsp3) is 0.111. The highest BCUT2D eigenvalue weighted by atomic mass is 35.5. The molecule has 0 aliphatic carbocycles. The number of H-pyrrole nitrogens is 1. The van der Waals surface area contributed by atoms with Crippen molar-refractivity contribution in [3.63, 3.8) is 0 Å². The standard InChI is InChI=1S/C18H14ClFN4OS/c19-11-5-13-14(8-22-17(13)21-7-11)16(25)15-9-24-18(26-15)23-6-10-1-3-12(20)4-2-10/h1-5,7-9,16,25H,6H2,(H,21,22)(H,23,24). The summed E-state index contributed by atoms with van der Waals surface area (Å²) in [5.41, 5.74) is 2.31. The predicted molar refractivity (Wildman–Crippen MR) is 101 cm³/mol. The smallest absolute Gasteiger partial charge is 0.183 e. The summed E-state index contributed by atoms with van der Waals surface area (Å²) in [5, 5.41) is 15.9. The zero-order valence-corrected chi connectivity index (χ0v) is 15.0. The molecule has 0 fully saturated rings. The lowest BCUT2D eigenvalue weighted by Crippen LogP contribution is -1.98. The van der Waals surface area contributed by atoms with Gasteiger partial charge in [0.25, 0.3) is 0 Å². The zero-order chi connectivity index (χ0) is 18.1. The van der Waals surface area contributed by atoms with Crippen LogP contribution in [0.2, 0.25) is 5.02 Å². The number of aromatic nitrogens is 3. The van der Waals surface area contributed by atoms with Crippen molar-refractivity contribution in [2.24, 2.45) is 0 Å². The number of pyridine rings is 1. The van der Waals surface area contributed by atoms with E-state index in [2.05, 4.69) is 20.3 Å². The molecular weight excluding hydrogens is 375 g/mol. The average molecular weight is 389 g/mol. The minimum atomic E-state index is -0.831. The van der Waals surface area contributed by atoms with Crippen molar-refractivity contribution in [2.75, 3.05) is 5.32 Å². The van der Waals surface area contributed by atoms with Gasteiger partial charge in [0.2, 0.25) is 0 Å². The van der Waals surface area contributed by atoms with Gasteiger partial charge in [-0.05, 0) is 23.8 Å². The Hall–Kier alpha value is -2.48. The molecule has 3 aromatic heterocycles. The van der Waals surface area contributed by atoms with Gasteiger partial charge in [0.1, 0.15) is 17.6 Å². The van der Waals surface area contributed by atoms with Gasteiger partial charge in [0, 0.05) is 36.1 Å². The first-order valence-electron chi connectivity index (χ1n) is 7.85. The highest BCUT2D eigenvalue weighted by molar-refractivity contribution is 7.15. The van der Waals surface area contributed by atoms with Crippen molar-refractivity contribution in [2.45, 2.75) is 12.6 Å². The second kappa shape index (κ2) is 7.03. The van der Waals surface area contributed by atoms with Crippen LogP contribution in [-0.2, 0) is 6.54 Å². The van der Waals surface area contributed by atoms with Crippen molar-refractivity contribution in [3.8, 4) is 0 Å². The van der Waals surface area contributed by atoms with E-state index in [9.17, 15) is 9.50 Å². The van der Waals surface area contributed by atoms with Crippen LogP contribution in [0.1, 0.15) is 22.1 Å². The van der Waals surface area contributed by atoms with Crippen LogP contribution >= 0.6 is 22.9 Å². The van der Waals surface area contributed by atoms with E-state index >= 15 is 0 Å². The molecule has 0 aliphatic rings. The van der Waals surface area contributed by atoms with Crippen molar-refractivity contribution in [3.05, 3.63) is 75.8 Å². The molecule has 1 aromatic carbocycles. The topological polar surface area (TPSA) is 73.8 Å². The molecule has 0 saturated heterocycles. The first-order chi connectivity index (χ1) is 12.6. The van der Waals surface area contributed by atoms with Crippen LogP contribution in [0.3, 0.4) is 0 Å². The number of aliphatic hydroxyl groups is 1. The van der Waals surface area contributed by atoms with Crippen LogP contribution in [-0.4, -0.2) is 20.1 Å². The van der Waals surface area contributed by atoms with Gasteiger partial charge >= 0.3 is 0 Å². The van der Waals surface area contributed by atoms with E-state index < -0.39 is 6.10 Å². The van der Waals surface area contributed by atoms with Gasteiger partial charge in [-0.25, -0.2) is 14.4 Å². The molecule has 26 heavy (non-hydrogen) atoms. The molecule has 3 N–H and O–H groups in total. The van der Waals surface area contributed by atoms with Crippen molar-refractivity contribution < 1.29 is 9.50 Å². The molecule has 0 aliphatic heterocycles. The summed E-state index contributed by atoms with van der Waals surface area (Å²) in [6.45, 7) is 0.524. The van der Waals surface area contributed by atoms with Crippen LogP contribution in [0.4, 0.5) is 9.52 Å². The lowest BCUT2D eigenvalue weighted by atomic mass is 10.1. The third-order valence-electron chi connectivity index (χ3n) is 3.97. The molecule has 4 rings (SSSR count). The molecule has 3 heterocycles. The summed E-state index contributed by atoms with van der Waals surface area (Å²) in [6, 6.07) is 8.05. The monoisotopic (exact) mass is 388 g/mol. The van der Waals surface area contributed by atoms with E-state index in [1.165, 1.54) is 23.5 Å². The molecule has 8 heteroatoms. The molecule has 132 valence electrons. The summed E-state index contributed by atoms with van der Waals surface area (Å²) in [7, 11) is 0. The number of aromatic amines is 1. The Morgan fingerprint density at radius 2 is 2.04 bits per heavy atom. The van der Waals surface area contributed by atoms with Crippen molar-refractivity contribution in [1.82, 2.24) is 15.0 Å². The van der Waals surface area contributed by atoms with Crippen LogP contribution < -0.4 is 5.32 Å². The largest absolute Gasteiger partial charge is 0.383 e. The zero-order valence-electron chi connectivity index (χ0n) is 13.4. The Labute approximate surface area is 157 Å². The van der Waals surface area contributed by atoms with Crippen molar-refractivity contribution >= 4 is 39.1 Å². The van der Waals surface area contributed by atoms with E-state index in [0.29, 0.717) is 32.8 Å². The van der Waals surface area contributed by atoms with Crippen LogP contribution in [0.15, 0.2) is 48.9 Å². The molecule has 0 radical (unpaired) electrons. The minimum absolute atomic E-state index is 0.262. The minimum Gasteiger partial charge on any atom is -0.383 e. The molecule has 0 amide bonds. The van der Waals surface area contributed by atoms with Gasteiger partial charge in [-0.3, -0.25) is 0 Å². The van der Waals surface area contributed by atoms with Gasteiger partial charge in [-0.15, -0.1) is 0 Å². The maximum absolute atomic E-state index is 12.9. The number of fused-ring (bicyclic) bond motifs is 1. The summed E-state index contributed by atoms with van der Waals surface area (Å²) in [6.07, 6.45) is 4.09. The lowest BCUT2D eigenvalue weighted by molar-refractivity contribution is 0.225. The Morgan fingerprint density at radius 3 is 2.85 bits per heavy atom. The van der Waals surface area contributed by atoms with E-state index in [1.807, 2.05) is 0 Å². The second-order valence-electron chi connectivity index (χ2n) is 5.74. The lowest BCUT2D eigenvalue weighted by Gasteiger charge is -2.06. The highest BCUT2D eigenvalue weighted by Gasteiger charge is 2.18. The molecular formula is C18H14ClFN4OS. The molecule has 0 saturated carbocycles. The van der Waals surface area contributed by atoms with Gasteiger partial charge in [0.05, 0.1) is 9.90 Å². The fourth-order valence-corrected chi connectivity index (χ4v) is 3.63. The van der Waals surface area contributed by atoms with Gasteiger partial charge in [-0.2, -0.15) is 0 Å². The molecule has 5 nitrogen and oxygen atoms in total. The molecule has 0 spiro atoms. The quantitative estimate of drug-likeness (QED) is 0.470. The Kier molecular flexibility index (Phi) is 4.58. The molecule has 0 bridgehead atoms. The van der Waals surface area contributed by atoms with Gasteiger partial charge < -0.3 is 15.4 Å². The maximum Gasteiger partial charge on any atom is 0.183 e. The average Bonchev–Trinajstić information content (AvgIpc) is 3.27. The van der Waals surface area contributed by atoms with Crippen LogP contribution in [0.5, 0.6) is 0 Å². The molecule has 4 aromatic rings.